The molecule has 2 rings (SSSR count). The van der Waals surface area contributed by atoms with Crippen molar-refractivity contribution in [3.8, 4) is 5.75 Å². The lowest BCUT2D eigenvalue weighted by atomic mass is 10.2. The first kappa shape index (κ1) is 19.8. The van der Waals surface area contributed by atoms with Crippen LogP contribution in [-0.2, 0) is 4.79 Å². The molecule has 0 saturated carbocycles. The second-order valence-electron chi connectivity index (χ2n) is 5.85. The van der Waals surface area contributed by atoms with Crippen LogP contribution in [0.4, 0.5) is 11.4 Å². The summed E-state index contributed by atoms with van der Waals surface area (Å²) in [6.07, 6.45) is 1.51. The average molecular weight is 374 g/mol. The van der Waals surface area contributed by atoms with Crippen LogP contribution >= 0.6 is 11.6 Å². The second-order valence-corrected chi connectivity index (χ2v) is 6.25. The smallest absolute Gasteiger partial charge is 0.246 e. The van der Waals surface area contributed by atoms with Crippen LogP contribution in [0.2, 0.25) is 5.02 Å². The van der Waals surface area contributed by atoms with Gasteiger partial charge in [-0.15, -0.1) is 0 Å². The van der Waals surface area contributed by atoms with Crippen LogP contribution < -0.4 is 10.2 Å². The third-order valence-corrected chi connectivity index (χ3v) is 4.56. The first-order chi connectivity index (χ1) is 12.5. The molecule has 2 aromatic carbocycles. The highest BCUT2D eigenvalue weighted by Crippen LogP contribution is 2.24. The Morgan fingerprint density at radius 2 is 2.00 bits per heavy atom. The van der Waals surface area contributed by atoms with Crippen molar-refractivity contribution in [2.24, 2.45) is 4.99 Å². The van der Waals surface area contributed by atoms with E-state index in [0.29, 0.717) is 16.3 Å². The molecule has 0 bridgehead atoms. The summed E-state index contributed by atoms with van der Waals surface area (Å²) in [6, 6.07) is 10.8. The number of hydrogen-bond donors (Lipinski definition) is 2. The first-order valence-electron chi connectivity index (χ1n) is 8.59. The number of rotatable bonds is 7. The van der Waals surface area contributed by atoms with Gasteiger partial charge in [0.05, 0.1) is 0 Å². The Hall–Kier alpha value is -2.53. The molecule has 0 atom stereocenters. The average Bonchev–Trinajstić information content (AvgIpc) is 2.62. The summed E-state index contributed by atoms with van der Waals surface area (Å²) in [5.74, 6) is -0.102. The predicted molar refractivity (Wildman–Crippen MR) is 109 cm³/mol. The van der Waals surface area contributed by atoms with Gasteiger partial charge in [0.2, 0.25) is 5.91 Å². The molecule has 0 radical (unpaired) electrons. The molecule has 0 spiro atoms. The van der Waals surface area contributed by atoms with Gasteiger partial charge in [0.15, 0.2) is 0 Å². The number of amides is 1. The van der Waals surface area contributed by atoms with E-state index in [2.05, 4.69) is 29.1 Å². The van der Waals surface area contributed by atoms with Crippen molar-refractivity contribution >= 4 is 35.1 Å². The number of carbonyl (C=O) groups excluding carboxylic acids is 1. The van der Waals surface area contributed by atoms with Gasteiger partial charge in [-0.25, -0.2) is 0 Å². The summed E-state index contributed by atoms with van der Waals surface area (Å²) in [5, 5.41) is 13.6. The minimum Gasteiger partial charge on any atom is -0.507 e. The zero-order valence-corrected chi connectivity index (χ0v) is 16.0. The molecule has 6 heteroatoms. The van der Waals surface area contributed by atoms with E-state index in [1.807, 2.05) is 13.0 Å². The van der Waals surface area contributed by atoms with Crippen LogP contribution in [0.15, 0.2) is 41.4 Å². The highest BCUT2D eigenvalue weighted by molar-refractivity contribution is 6.31. The number of aromatic hydroxyl groups is 1. The zero-order chi connectivity index (χ0) is 19.1. The normalized spacial score (nSPS) is 10.9. The third-order valence-electron chi connectivity index (χ3n) is 4.15. The lowest BCUT2D eigenvalue weighted by Gasteiger charge is -2.21. The van der Waals surface area contributed by atoms with Crippen molar-refractivity contribution in [2.75, 3.05) is 29.9 Å². The molecule has 0 aliphatic carbocycles. The van der Waals surface area contributed by atoms with Gasteiger partial charge >= 0.3 is 0 Å². The molecule has 2 N–H and O–H groups in total. The van der Waals surface area contributed by atoms with Crippen molar-refractivity contribution in [1.29, 1.82) is 0 Å². The lowest BCUT2D eigenvalue weighted by Crippen LogP contribution is -2.21. The monoisotopic (exact) mass is 373 g/mol. The Balaban J connectivity index is 1.99. The molecule has 2 aromatic rings. The Bertz CT molecular complexity index is 802. The zero-order valence-electron chi connectivity index (χ0n) is 15.3. The summed E-state index contributed by atoms with van der Waals surface area (Å²) in [4.78, 5) is 18.3. The molecule has 0 aromatic heterocycles. The SMILES string of the molecule is CCN(CC)c1ccc(C=NCC(=O)Nc2cccc(Cl)c2C)c(O)c1. The maximum atomic E-state index is 12.0. The van der Waals surface area contributed by atoms with Gasteiger partial charge in [-0.1, -0.05) is 17.7 Å². The highest BCUT2D eigenvalue weighted by atomic mass is 35.5. The molecule has 0 saturated heterocycles. The molecule has 0 aliphatic rings. The minimum atomic E-state index is -0.245. The van der Waals surface area contributed by atoms with Gasteiger partial charge in [-0.05, 0) is 50.6 Å². The van der Waals surface area contributed by atoms with Crippen LogP contribution in [0.5, 0.6) is 5.75 Å². The largest absolute Gasteiger partial charge is 0.507 e. The predicted octanol–water partition coefficient (Wildman–Crippen LogP) is 4.26. The second kappa shape index (κ2) is 9.25. The van der Waals surface area contributed by atoms with E-state index in [1.165, 1.54) is 6.21 Å². The van der Waals surface area contributed by atoms with Crippen molar-refractivity contribution in [3.63, 3.8) is 0 Å². The van der Waals surface area contributed by atoms with Crippen molar-refractivity contribution < 1.29 is 9.90 Å². The molecule has 5 nitrogen and oxygen atoms in total. The van der Waals surface area contributed by atoms with Crippen LogP contribution in [-0.4, -0.2) is 36.9 Å². The molecule has 26 heavy (non-hydrogen) atoms. The Morgan fingerprint density at radius 3 is 2.65 bits per heavy atom. The molecule has 138 valence electrons. The van der Waals surface area contributed by atoms with Crippen LogP contribution in [0.3, 0.4) is 0 Å². The van der Waals surface area contributed by atoms with E-state index < -0.39 is 0 Å². The molecular formula is C20H24ClN3O2. The quantitative estimate of drug-likeness (QED) is 0.713. The number of benzene rings is 2. The number of aliphatic imine (C=N–C) groups is 1. The number of nitrogens with zero attached hydrogens (tertiary/aromatic N) is 2. The molecular weight excluding hydrogens is 350 g/mol. The Labute approximate surface area is 159 Å². The summed E-state index contributed by atoms with van der Waals surface area (Å²) in [5.41, 5.74) is 3.02. The van der Waals surface area contributed by atoms with Gasteiger partial charge in [-0.3, -0.25) is 9.79 Å². The molecule has 1 amide bonds. The first-order valence-corrected chi connectivity index (χ1v) is 8.96. The van der Waals surface area contributed by atoms with E-state index in [1.54, 1.807) is 30.3 Å². The van der Waals surface area contributed by atoms with Gasteiger partial charge in [0.1, 0.15) is 12.3 Å². The Morgan fingerprint density at radius 1 is 1.27 bits per heavy atom. The molecule has 0 fully saturated rings. The summed E-state index contributed by atoms with van der Waals surface area (Å²) in [6.45, 7) is 7.67. The van der Waals surface area contributed by atoms with Crippen molar-refractivity contribution in [2.45, 2.75) is 20.8 Å². The number of hydrogen-bond acceptors (Lipinski definition) is 4. The number of nitrogens with one attached hydrogen (secondary N) is 1. The lowest BCUT2D eigenvalue weighted by molar-refractivity contribution is -0.114. The molecule has 0 unspecified atom stereocenters. The summed E-state index contributed by atoms with van der Waals surface area (Å²) in [7, 11) is 0. The number of phenols is 1. The van der Waals surface area contributed by atoms with E-state index in [9.17, 15) is 9.90 Å². The summed E-state index contributed by atoms with van der Waals surface area (Å²) >= 11 is 6.04. The topological polar surface area (TPSA) is 64.9 Å². The van der Waals surface area contributed by atoms with Gasteiger partial charge < -0.3 is 15.3 Å². The van der Waals surface area contributed by atoms with Crippen LogP contribution in [0.1, 0.15) is 25.0 Å². The van der Waals surface area contributed by atoms with Gasteiger partial charge in [0, 0.05) is 47.3 Å². The number of carbonyl (C=O) groups is 1. The van der Waals surface area contributed by atoms with Crippen LogP contribution in [0, 0.1) is 6.92 Å². The molecule has 0 aliphatic heterocycles. The fraction of sp³-hybridized carbons (Fsp3) is 0.300. The number of phenolic OH excluding ortho intramolecular Hbond substituents is 1. The summed E-state index contributed by atoms with van der Waals surface area (Å²) < 4.78 is 0. The Kier molecular flexibility index (Phi) is 7.04. The number of anilines is 2. The molecule has 0 heterocycles. The maximum absolute atomic E-state index is 12.0. The van der Waals surface area contributed by atoms with Crippen molar-refractivity contribution in [3.05, 3.63) is 52.5 Å². The van der Waals surface area contributed by atoms with E-state index in [-0.39, 0.29) is 18.2 Å². The maximum Gasteiger partial charge on any atom is 0.246 e. The van der Waals surface area contributed by atoms with Crippen molar-refractivity contribution in [1.82, 2.24) is 0 Å². The highest BCUT2D eigenvalue weighted by Gasteiger charge is 2.07. The van der Waals surface area contributed by atoms with E-state index in [4.69, 9.17) is 11.6 Å². The van der Waals surface area contributed by atoms with E-state index in [0.717, 1.165) is 24.3 Å². The fourth-order valence-electron chi connectivity index (χ4n) is 2.59. The van der Waals surface area contributed by atoms with Gasteiger partial charge in [-0.2, -0.15) is 0 Å². The third kappa shape index (κ3) is 4.99. The van der Waals surface area contributed by atoms with E-state index >= 15 is 0 Å². The van der Waals surface area contributed by atoms with Gasteiger partial charge in [0.25, 0.3) is 0 Å². The van der Waals surface area contributed by atoms with Crippen LogP contribution in [0.25, 0.3) is 0 Å². The minimum absolute atomic E-state index is 0.0385. The number of halogens is 1. The fourth-order valence-corrected chi connectivity index (χ4v) is 2.76. The standard InChI is InChI=1S/C20H24ClN3O2/c1-4-24(5-2)16-10-9-15(19(25)11-16)12-22-13-20(26)23-18-8-6-7-17(21)14(18)3/h6-12,25H,4-5,13H2,1-3H3,(H,23,26).